The van der Waals surface area contributed by atoms with Gasteiger partial charge in [0.1, 0.15) is 34.0 Å². The molecule has 2 heterocycles. The zero-order valence-corrected chi connectivity index (χ0v) is 18.2. The van der Waals surface area contributed by atoms with Crippen molar-refractivity contribution >= 4 is 46.2 Å². The van der Waals surface area contributed by atoms with Crippen molar-refractivity contribution in [1.82, 2.24) is 4.57 Å². The molecule has 1 aliphatic rings. The molecule has 0 spiro atoms. The highest BCUT2D eigenvalue weighted by atomic mass is 35.5. The SMILES string of the molecule is N#CC1=C(N)C(C#N)=c2s/c(=C/c3c(F)cccc3Cl)c(=O)n2[C@H]1c1c(F)cccc1Cl. The minimum atomic E-state index is -1.30. The maximum Gasteiger partial charge on any atom is 0.269 e. The number of thiazole rings is 1. The first kappa shape index (κ1) is 21.8. The number of aromatic nitrogens is 1. The van der Waals surface area contributed by atoms with Crippen molar-refractivity contribution in [2.45, 2.75) is 6.04 Å². The molecule has 0 radical (unpaired) electrons. The Morgan fingerprint density at radius 1 is 1.06 bits per heavy atom. The van der Waals surface area contributed by atoms with E-state index in [1.807, 2.05) is 12.1 Å². The number of fused-ring (bicyclic) bond motifs is 1. The molecular formula is C22H10Cl2F2N4OS. The summed E-state index contributed by atoms with van der Waals surface area (Å²) in [7, 11) is 0. The van der Waals surface area contributed by atoms with Crippen LogP contribution in [0.25, 0.3) is 11.6 Å². The monoisotopic (exact) mass is 486 g/mol. The summed E-state index contributed by atoms with van der Waals surface area (Å²) in [4.78, 5) is 13.4. The number of rotatable bonds is 2. The van der Waals surface area contributed by atoms with Gasteiger partial charge in [-0.1, -0.05) is 35.3 Å². The van der Waals surface area contributed by atoms with Gasteiger partial charge in [0.15, 0.2) is 0 Å². The van der Waals surface area contributed by atoms with E-state index in [1.54, 1.807) is 0 Å². The van der Waals surface area contributed by atoms with Gasteiger partial charge in [0.25, 0.3) is 5.56 Å². The highest BCUT2D eigenvalue weighted by molar-refractivity contribution is 7.07. The fourth-order valence-corrected chi connectivity index (χ4v) is 5.08. The Kier molecular flexibility index (Phi) is 5.62. The topological polar surface area (TPSA) is 95.6 Å². The van der Waals surface area contributed by atoms with Crippen LogP contribution in [0.15, 0.2) is 52.5 Å². The van der Waals surface area contributed by atoms with Gasteiger partial charge in [-0.05, 0) is 30.3 Å². The number of hydrogen-bond acceptors (Lipinski definition) is 5. The summed E-state index contributed by atoms with van der Waals surface area (Å²) in [5.74, 6) is -1.41. The van der Waals surface area contributed by atoms with Gasteiger partial charge in [0.05, 0.1) is 26.9 Å². The predicted molar refractivity (Wildman–Crippen MR) is 118 cm³/mol. The van der Waals surface area contributed by atoms with Gasteiger partial charge in [-0.15, -0.1) is 11.3 Å². The Morgan fingerprint density at radius 3 is 2.31 bits per heavy atom. The lowest BCUT2D eigenvalue weighted by Gasteiger charge is -2.24. The maximum atomic E-state index is 14.8. The van der Waals surface area contributed by atoms with Crippen molar-refractivity contribution in [3.05, 3.63) is 100 Å². The van der Waals surface area contributed by atoms with Crippen molar-refractivity contribution in [3.63, 3.8) is 0 Å². The summed E-state index contributed by atoms with van der Waals surface area (Å²) in [6.45, 7) is 0. The van der Waals surface area contributed by atoms with Crippen LogP contribution in [0.5, 0.6) is 0 Å². The molecule has 1 aromatic heterocycles. The first-order chi connectivity index (χ1) is 15.3. The number of allylic oxidation sites excluding steroid dienone is 2. The van der Waals surface area contributed by atoms with Crippen LogP contribution < -0.4 is 20.5 Å². The fraction of sp³-hybridized carbons (Fsp3) is 0.0455. The van der Waals surface area contributed by atoms with Crippen LogP contribution in [0.4, 0.5) is 8.78 Å². The van der Waals surface area contributed by atoms with Crippen molar-refractivity contribution in [2.24, 2.45) is 5.73 Å². The van der Waals surface area contributed by atoms with Gasteiger partial charge in [-0.3, -0.25) is 9.36 Å². The molecule has 0 bridgehead atoms. The molecular weight excluding hydrogens is 477 g/mol. The lowest BCUT2D eigenvalue weighted by molar-refractivity contribution is 0.559. The van der Waals surface area contributed by atoms with E-state index >= 15 is 0 Å². The number of benzene rings is 2. The molecule has 10 heteroatoms. The summed E-state index contributed by atoms with van der Waals surface area (Å²) >= 11 is 13.2. The van der Waals surface area contributed by atoms with E-state index in [4.69, 9.17) is 28.9 Å². The molecule has 2 N–H and O–H groups in total. The van der Waals surface area contributed by atoms with E-state index in [2.05, 4.69) is 0 Å². The lowest BCUT2D eigenvalue weighted by Crippen LogP contribution is -2.40. The number of hydrogen-bond donors (Lipinski definition) is 1. The Hall–Kier alpha value is -3.43. The zero-order valence-electron chi connectivity index (χ0n) is 15.9. The molecule has 0 unspecified atom stereocenters. The average Bonchev–Trinajstić information content (AvgIpc) is 3.06. The first-order valence-electron chi connectivity index (χ1n) is 8.95. The van der Waals surface area contributed by atoms with E-state index in [-0.39, 0.29) is 47.2 Å². The lowest BCUT2D eigenvalue weighted by atomic mass is 9.93. The molecule has 1 atom stereocenters. The molecule has 32 heavy (non-hydrogen) atoms. The quantitative estimate of drug-likeness (QED) is 0.600. The van der Waals surface area contributed by atoms with Crippen LogP contribution in [-0.4, -0.2) is 4.57 Å². The van der Waals surface area contributed by atoms with Gasteiger partial charge >= 0.3 is 0 Å². The molecule has 5 nitrogen and oxygen atoms in total. The molecule has 2 aromatic carbocycles. The molecule has 158 valence electrons. The van der Waals surface area contributed by atoms with E-state index in [9.17, 15) is 24.1 Å². The molecule has 0 saturated carbocycles. The van der Waals surface area contributed by atoms with E-state index in [0.29, 0.717) is 0 Å². The smallest absolute Gasteiger partial charge is 0.269 e. The fourth-order valence-electron chi connectivity index (χ4n) is 3.49. The molecule has 3 aromatic rings. The second kappa shape index (κ2) is 8.25. The van der Waals surface area contributed by atoms with Crippen molar-refractivity contribution in [2.75, 3.05) is 0 Å². The second-order valence-electron chi connectivity index (χ2n) is 6.69. The van der Waals surface area contributed by atoms with Crippen LogP contribution in [0.3, 0.4) is 0 Å². The average molecular weight is 487 g/mol. The van der Waals surface area contributed by atoms with Gasteiger partial charge in [-0.25, -0.2) is 8.78 Å². The molecule has 0 saturated heterocycles. The minimum absolute atomic E-state index is 0.0178. The van der Waals surface area contributed by atoms with Crippen molar-refractivity contribution in [3.8, 4) is 12.1 Å². The van der Waals surface area contributed by atoms with Crippen molar-refractivity contribution < 1.29 is 8.78 Å². The van der Waals surface area contributed by atoms with Crippen LogP contribution in [-0.2, 0) is 0 Å². The van der Waals surface area contributed by atoms with Gasteiger partial charge in [0.2, 0.25) is 0 Å². The normalized spacial score (nSPS) is 16.0. The Balaban J connectivity index is 2.16. The molecule has 0 aliphatic carbocycles. The summed E-state index contributed by atoms with van der Waals surface area (Å²) in [5.41, 5.74) is 4.74. The second-order valence-corrected chi connectivity index (χ2v) is 8.54. The number of nitriles is 2. The standard InChI is InChI=1S/C22H10Cl2F2N4OS/c23-13-3-1-5-15(25)10(13)7-17-21(31)30-20(18-14(24)4-2-6-16(18)26)11(8-27)19(29)12(9-28)22(30)32-17/h1-7,20H,29H2/b17-7+/t20-/m1/s1. The van der Waals surface area contributed by atoms with Crippen LogP contribution >= 0.6 is 34.5 Å². The molecule has 0 fully saturated rings. The largest absolute Gasteiger partial charge is 0.397 e. The van der Waals surface area contributed by atoms with Crippen LogP contribution in [0.1, 0.15) is 17.2 Å². The highest BCUT2D eigenvalue weighted by Gasteiger charge is 2.34. The summed E-state index contributed by atoms with van der Waals surface area (Å²) in [6, 6.07) is 10.5. The number of nitrogens with two attached hydrogens (primary N) is 1. The zero-order chi connectivity index (χ0) is 23.2. The van der Waals surface area contributed by atoms with Crippen molar-refractivity contribution in [1.29, 1.82) is 10.5 Å². The van der Waals surface area contributed by atoms with Gasteiger partial charge < -0.3 is 5.73 Å². The Labute approximate surface area is 193 Å². The summed E-state index contributed by atoms with van der Waals surface area (Å²) in [6.07, 6.45) is 1.24. The van der Waals surface area contributed by atoms with E-state index < -0.39 is 23.2 Å². The third-order valence-electron chi connectivity index (χ3n) is 4.94. The predicted octanol–water partition coefficient (Wildman–Crippen LogP) is 3.34. The van der Waals surface area contributed by atoms with Crippen LogP contribution in [0.2, 0.25) is 10.0 Å². The molecule has 1 aliphatic heterocycles. The Bertz CT molecular complexity index is 1550. The highest BCUT2D eigenvalue weighted by Crippen LogP contribution is 2.35. The van der Waals surface area contributed by atoms with Gasteiger partial charge in [-0.2, -0.15) is 10.5 Å². The molecule has 4 rings (SSSR count). The Morgan fingerprint density at radius 2 is 1.72 bits per heavy atom. The van der Waals surface area contributed by atoms with E-state index in [0.717, 1.165) is 22.0 Å². The molecule has 0 amide bonds. The van der Waals surface area contributed by atoms with E-state index in [1.165, 1.54) is 36.4 Å². The summed E-state index contributed by atoms with van der Waals surface area (Å²) < 4.78 is 30.3. The maximum absolute atomic E-state index is 14.8. The summed E-state index contributed by atoms with van der Waals surface area (Å²) in [5, 5.41) is 19.5. The first-order valence-corrected chi connectivity index (χ1v) is 10.5. The third-order valence-corrected chi connectivity index (χ3v) is 6.71. The number of nitrogens with zero attached hydrogens (tertiary/aromatic N) is 3. The van der Waals surface area contributed by atoms with Crippen LogP contribution in [0, 0.1) is 34.3 Å². The third kappa shape index (κ3) is 3.30. The van der Waals surface area contributed by atoms with Gasteiger partial charge in [0, 0.05) is 16.1 Å². The minimum Gasteiger partial charge on any atom is -0.397 e. The number of halogens is 4.